The molecule has 0 bridgehead atoms. The molecule has 1 aliphatic rings. The molecule has 1 saturated heterocycles. The smallest absolute Gasteiger partial charge is 0.253 e. The lowest BCUT2D eigenvalue weighted by molar-refractivity contribution is -0.121. The topological polar surface area (TPSA) is 49.4 Å². The van der Waals surface area contributed by atoms with E-state index in [2.05, 4.69) is 21.2 Å². The normalized spacial score (nSPS) is 15.0. The molecule has 26 heavy (non-hydrogen) atoms. The van der Waals surface area contributed by atoms with Crippen molar-refractivity contribution in [1.82, 2.24) is 4.90 Å². The van der Waals surface area contributed by atoms with E-state index in [1.165, 1.54) is 0 Å². The highest BCUT2D eigenvalue weighted by Gasteiger charge is 2.28. The van der Waals surface area contributed by atoms with Crippen LogP contribution in [0.1, 0.15) is 23.2 Å². The molecular formula is C19H17BrCl2N2O2. The third-order valence-electron chi connectivity index (χ3n) is 4.46. The summed E-state index contributed by atoms with van der Waals surface area (Å²) in [6.45, 7) is 1.09. The molecule has 7 heteroatoms. The van der Waals surface area contributed by atoms with Crippen LogP contribution in [-0.2, 0) is 4.79 Å². The van der Waals surface area contributed by atoms with Crippen molar-refractivity contribution in [3.8, 4) is 0 Å². The SMILES string of the molecule is O=C(Nc1c(Cl)cccc1Cl)C1CCN(C(=O)c2ccc(Br)cc2)CC1. The van der Waals surface area contributed by atoms with Crippen molar-refractivity contribution in [3.05, 3.63) is 62.5 Å². The summed E-state index contributed by atoms with van der Waals surface area (Å²) in [5.74, 6) is -0.294. The number of benzene rings is 2. The monoisotopic (exact) mass is 454 g/mol. The van der Waals surface area contributed by atoms with E-state index < -0.39 is 0 Å². The maximum Gasteiger partial charge on any atom is 0.253 e. The summed E-state index contributed by atoms with van der Waals surface area (Å²) in [7, 11) is 0. The number of carbonyl (C=O) groups is 2. The van der Waals surface area contributed by atoms with Gasteiger partial charge in [-0.3, -0.25) is 9.59 Å². The number of rotatable bonds is 3. The van der Waals surface area contributed by atoms with Crippen molar-refractivity contribution in [2.24, 2.45) is 5.92 Å². The number of likely N-dealkylation sites (tertiary alicyclic amines) is 1. The number of nitrogens with zero attached hydrogens (tertiary/aromatic N) is 1. The first kappa shape index (κ1) is 19.2. The molecule has 1 heterocycles. The van der Waals surface area contributed by atoms with Gasteiger partial charge in [0.2, 0.25) is 5.91 Å². The Morgan fingerprint density at radius 1 is 1.00 bits per heavy atom. The average molecular weight is 456 g/mol. The van der Waals surface area contributed by atoms with Gasteiger partial charge >= 0.3 is 0 Å². The van der Waals surface area contributed by atoms with Crippen LogP contribution in [0.3, 0.4) is 0 Å². The fourth-order valence-corrected chi connectivity index (χ4v) is 3.72. The van der Waals surface area contributed by atoms with Gasteiger partial charge in [-0.25, -0.2) is 0 Å². The first-order chi connectivity index (χ1) is 12.5. The zero-order valence-electron chi connectivity index (χ0n) is 13.8. The predicted molar refractivity (Wildman–Crippen MR) is 108 cm³/mol. The first-order valence-corrected chi connectivity index (χ1v) is 9.80. The van der Waals surface area contributed by atoms with Gasteiger partial charge < -0.3 is 10.2 Å². The fraction of sp³-hybridized carbons (Fsp3) is 0.263. The van der Waals surface area contributed by atoms with Crippen LogP contribution in [0.25, 0.3) is 0 Å². The van der Waals surface area contributed by atoms with Crippen LogP contribution in [0.2, 0.25) is 10.0 Å². The highest BCUT2D eigenvalue weighted by Crippen LogP contribution is 2.31. The molecule has 0 atom stereocenters. The standard InChI is InChI=1S/C19H17BrCl2N2O2/c20-14-6-4-13(5-7-14)19(26)24-10-8-12(9-11-24)18(25)23-17-15(21)2-1-3-16(17)22/h1-7,12H,8-11H2,(H,23,25). The zero-order valence-corrected chi connectivity index (χ0v) is 16.9. The second-order valence-corrected chi connectivity index (χ2v) is 7.89. The van der Waals surface area contributed by atoms with Crippen LogP contribution in [0.5, 0.6) is 0 Å². The van der Waals surface area contributed by atoms with Gasteiger partial charge in [-0.05, 0) is 49.2 Å². The van der Waals surface area contributed by atoms with E-state index in [0.29, 0.717) is 47.2 Å². The molecule has 0 saturated carbocycles. The van der Waals surface area contributed by atoms with Crippen molar-refractivity contribution < 1.29 is 9.59 Å². The van der Waals surface area contributed by atoms with Gasteiger partial charge in [-0.2, -0.15) is 0 Å². The Bertz CT molecular complexity index is 799. The fourth-order valence-electron chi connectivity index (χ4n) is 2.96. The van der Waals surface area contributed by atoms with Crippen LogP contribution in [0, 0.1) is 5.92 Å². The van der Waals surface area contributed by atoms with Crippen molar-refractivity contribution >= 4 is 56.6 Å². The van der Waals surface area contributed by atoms with E-state index in [0.717, 1.165) is 4.47 Å². The van der Waals surface area contributed by atoms with Crippen LogP contribution < -0.4 is 5.32 Å². The number of para-hydroxylation sites is 1. The summed E-state index contributed by atoms with van der Waals surface area (Å²) >= 11 is 15.6. The van der Waals surface area contributed by atoms with Crippen LogP contribution >= 0.6 is 39.1 Å². The number of hydrogen-bond donors (Lipinski definition) is 1. The quantitative estimate of drug-likeness (QED) is 0.687. The molecule has 0 aliphatic carbocycles. The third kappa shape index (κ3) is 4.40. The Hall–Kier alpha value is -1.56. The van der Waals surface area contributed by atoms with E-state index in [-0.39, 0.29) is 17.7 Å². The highest BCUT2D eigenvalue weighted by atomic mass is 79.9. The Morgan fingerprint density at radius 3 is 2.15 bits per heavy atom. The Morgan fingerprint density at radius 2 is 1.58 bits per heavy atom. The molecule has 4 nitrogen and oxygen atoms in total. The molecule has 0 radical (unpaired) electrons. The largest absolute Gasteiger partial charge is 0.339 e. The lowest BCUT2D eigenvalue weighted by Gasteiger charge is -2.31. The summed E-state index contributed by atoms with van der Waals surface area (Å²) in [6.07, 6.45) is 1.21. The Labute approximate surface area is 170 Å². The number of carbonyl (C=O) groups excluding carboxylic acids is 2. The average Bonchev–Trinajstić information content (AvgIpc) is 2.65. The van der Waals surface area contributed by atoms with Crippen molar-refractivity contribution in [2.75, 3.05) is 18.4 Å². The lowest BCUT2D eigenvalue weighted by Crippen LogP contribution is -2.41. The summed E-state index contributed by atoms with van der Waals surface area (Å²) in [4.78, 5) is 26.8. The van der Waals surface area contributed by atoms with Gasteiger partial charge in [0.05, 0.1) is 15.7 Å². The number of nitrogens with one attached hydrogen (secondary N) is 1. The number of piperidine rings is 1. The molecule has 2 aromatic carbocycles. The Balaban J connectivity index is 1.58. The van der Waals surface area contributed by atoms with E-state index in [1.807, 2.05) is 12.1 Å². The van der Waals surface area contributed by atoms with Crippen molar-refractivity contribution in [3.63, 3.8) is 0 Å². The molecule has 3 rings (SSSR count). The Kier molecular flexibility index (Phi) is 6.22. The molecule has 0 unspecified atom stereocenters. The second kappa shape index (κ2) is 8.42. The molecule has 2 aromatic rings. The molecule has 1 aliphatic heterocycles. The minimum absolute atomic E-state index is 0.00879. The van der Waals surface area contributed by atoms with E-state index in [9.17, 15) is 9.59 Å². The van der Waals surface area contributed by atoms with Gasteiger partial charge in [-0.15, -0.1) is 0 Å². The van der Waals surface area contributed by atoms with Gasteiger partial charge in [0.1, 0.15) is 0 Å². The number of halogens is 3. The second-order valence-electron chi connectivity index (χ2n) is 6.16. The zero-order chi connectivity index (χ0) is 18.7. The summed E-state index contributed by atoms with van der Waals surface area (Å²) in [5, 5.41) is 3.64. The minimum Gasteiger partial charge on any atom is -0.339 e. The van der Waals surface area contributed by atoms with Gasteiger partial charge in [0, 0.05) is 29.0 Å². The number of hydrogen-bond acceptors (Lipinski definition) is 2. The van der Waals surface area contributed by atoms with Gasteiger partial charge in [0.15, 0.2) is 0 Å². The number of amides is 2. The van der Waals surface area contributed by atoms with Crippen LogP contribution in [-0.4, -0.2) is 29.8 Å². The number of anilines is 1. The maximum atomic E-state index is 12.5. The van der Waals surface area contributed by atoms with E-state index in [4.69, 9.17) is 23.2 Å². The highest BCUT2D eigenvalue weighted by molar-refractivity contribution is 9.10. The molecule has 2 amide bonds. The molecule has 1 N–H and O–H groups in total. The maximum absolute atomic E-state index is 12.5. The van der Waals surface area contributed by atoms with Crippen molar-refractivity contribution in [2.45, 2.75) is 12.8 Å². The summed E-state index contributed by atoms with van der Waals surface area (Å²) in [6, 6.07) is 12.4. The minimum atomic E-state index is -0.170. The van der Waals surface area contributed by atoms with Crippen LogP contribution in [0.4, 0.5) is 5.69 Å². The predicted octanol–water partition coefficient (Wildman–Crippen LogP) is 5.25. The molecule has 0 aromatic heterocycles. The summed E-state index contributed by atoms with van der Waals surface area (Å²) < 4.78 is 0.933. The van der Waals surface area contributed by atoms with Gasteiger partial charge in [-0.1, -0.05) is 45.2 Å². The first-order valence-electron chi connectivity index (χ1n) is 8.25. The molecule has 0 spiro atoms. The van der Waals surface area contributed by atoms with E-state index in [1.54, 1.807) is 35.2 Å². The molecule has 1 fully saturated rings. The third-order valence-corrected chi connectivity index (χ3v) is 5.61. The molecular weight excluding hydrogens is 439 g/mol. The lowest BCUT2D eigenvalue weighted by atomic mass is 9.95. The van der Waals surface area contributed by atoms with Crippen molar-refractivity contribution in [1.29, 1.82) is 0 Å². The molecule has 136 valence electrons. The van der Waals surface area contributed by atoms with E-state index >= 15 is 0 Å². The summed E-state index contributed by atoms with van der Waals surface area (Å²) in [5.41, 5.74) is 1.09. The van der Waals surface area contributed by atoms with Crippen LogP contribution in [0.15, 0.2) is 46.9 Å². The van der Waals surface area contributed by atoms with Gasteiger partial charge in [0.25, 0.3) is 5.91 Å².